The lowest BCUT2D eigenvalue weighted by atomic mass is 9.76. The van der Waals surface area contributed by atoms with Gasteiger partial charge in [-0.3, -0.25) is 4.79 Å². The van der Waals surface area contributed by atoms with E-state index in [1.165, 1.54) is 39.2 Å². The Balaban J connectivity index is 1.89. The molecule has 116 valence electrons. The van der Waals surface area contributed by atoms with Crippen LogP contribution in [0.4, 0.5) is 0 Å². The first-order valence-corrected chi connectivity index (χ1v) is 8.64. The minimum absolute atomic E-state index is 0.218. The molecule has 21 heavy (non-hydrogen) atoms. The van der Waals surface area contributed by atoms with Crippen molar-refractivity contribution in [3.8, 4) is 5.75 Å². The number of esters is 1. The molecule has 1 aromatic carbocycles. The number of halogens is 1. The molecule has 0 aromatic heterocycles. The van der Waals surface area contributed by atoms with Crippen LogP contribution >= 0.6 is 15.9 Å². The zero-order valence-corrected chi connectivity index (χ0v) is 14.2. The van der Waals surface area contributed by atoms with E-state index in [0.717, 1.165) is 23.2 Å². The highest BCUT2D eigenvalue weighted by atomic mass is 79.9. The van der Waals surface area contributed by atoms with Gasteiger partial charge in [0.25, 0.3) is 0 Å². The van der Waals surface area contributed by atoms with E-state index in [1.54, 1.807) is 0 Å². The standard InChI is InChI=1S/C17H23BrO3/c1-20-16(19)11-14-5-7-15(8-6-14)21-13-17(12-18)9-3-2-4-10-17/h5-8H,2-4,9-13H2,1H3. The third-order valence-electron chi connectivity index (χ3n) is 4.24. The number of hydrogen-bond acceptors (Lipinski definition) is 3. The fourth-order valence-electron chi connectivity index (χ4n) is 2.80. The van der Waals surface area contributed by atoms with Gasteiger partial charge in [-0.05, 0) is 30.5 Å². The fraction of sp³-hybridized carbons (Fsp3) is 0.588. The van der Waals surface area contributed by atoms with Gasteiger partial charge >= 0.3 is 5.97 Å². The van der Waals surface area contributed by atoms with Crippen LogP contribution in [-0.4, -0.2) is 25.0 Å². The molecule has 1 saturated carbocycles. The Morgan fingerprint density at radius 2 is 1.86 bits per heavy atom. The number of carbonyl (C=O) groups excluding carboxylic acids is 1. The molecule has 0 amide bonds. The molecule has 0 aliphatic heterocycles. The van der Waals surface area contributed by atoms with Gasteiger partial charge in [-0.1, -0.05) is 47.3 Å². The summed E-state index contributed by atoms with van der Waals surface area (Å²) in [5.41, 5.74) is 1.23. The van der Waals surface area contributed by atoms with Crippen molar-refractivity contribution >= 4 is 21.9 Å². The van der Waals surface area contributed by atoms with Crippen molar-refractivity contribution in [2.75, 3.05) is 19.0 Å². The second kappa shape index (κ2) is 7.83. The number of hydrogen-bond donors (Lipinski definition) is 0. The summed E-state index contributed by atoms with van der Waals surface area (Å²) in [5.74, 6) is 0.652. The molecular weight excluding hydrogens is 332 g/mol. The van der Waals surface area contributed by atoms with Crippen LogP contribution in [0.25, 0.3) is 0 Å². The third kappa shape index (κ3) is 4.73. The average molecular weight is 355 g/mol. The van der Waals surface area contributed by atoms with Crippen LogP contribution in [0.15, 0.2) is 24.3 Å². The molecule has 1 fully saturated rings. The van der Waals surface area contributed by atoms with Crippen molar-refractivity contribution in [3.63, 3.8) is 0 Å². The van der Waals surface area contributed by atoms with E-state index in [2.05, 4.69) is 20.7 Å². The first-order valence-electron chi connectivity index (χ1n) is 7.52. The molecule has 0 saturated heterocycles. The van der Waals surface area contributed by atoms with Crippen LogP contribution in [0.5, 0.6) is 5.75 Å². The van der Waals surface area contributed by atoms with Gasteiger partial charge in [-0.2, -0.15) is 0 Å². The highest BCUT2D eigenvalue weighted by Crippen LogP contribution is 2.38. The molecule has 0 unspecified atom stereocenters. The summed E-state index contributed by atoms with van der Waals surface area (Å²) in [5, 5.41) is 1.00. The van der Waals surface area contributed by atoms with Gasteiger partial charge < -0.3 is 9.47 Å². The molecule has 0 N–H and O–H groups in total. The minimum atomic E-state index is -0.218. The maximum absolute atomic E-state index is 11.2. The van der Waals surface area contributed by atoms with Gasteiger partial charge in [0.2, 0.25) is 0 Å². The maximum atomic E-state index is 11.2. The lowest BCUT2D eigenvalue weighted by Gasteiger charge is -2.35. The molecule has 1 aromatic rings. The Morgan fingerprint density at radius 1 is 1.19 bits per heavy atom. The fourth-order valence-corrected chi connectivity index (χ4v) is 3.52. The number of alkyl halides is 1. The number of methoxy groups -OCH3 is 1. The summed E-state index contributed by atoms with van der Waals surface area (Å²) in [6.07, 6.45) is 6.72. The van der Waals surface area contributed by atoms with Gasteiger partial charge in [-0.15, -0.1) is 0 Å². The largest absolute Gasteiger partial charge is 0.493 e. The summed E-state index contributed by atoms with van der Waals surface area (Å²) >= 11 is 3.66. The van der Waals surface area contributed by atoms with Crippen molar-refractivity contribution in [1.29, 1.82) is 0 Å². The van der Waals surface area contributed by atoms with Crippen molar-refractivity contribution < 1.29 is 14.3 Å². The topological polar surface area (TPSA) is 35.5 Å². The summed E-state index contributed by atoms with van der Waals surface area (Å²) < 4.78 is 10.6. The van der Waals surface area contributed by atoms with Gasteiger partial charge in [0, 0.05) is 10.7 Å². The maximum Gasteiger partial charge on any atom is 0.309 e. The Kier molecular flexibility index (Phi) is 6.09. The predicted molar refractivity (Wildman–Crippen MR) is 87.0 cm³/mol. The van der Waals surface area contributed by atoms with E-state index >= 15 is 0 Å². The Morgan fingerprint density at radius 3 is 2.43 bits per heavy atom. The minimum Gasteiger partial charge on any atom is -0.493 e. The molecule has 0 atom stereocenters. The zero-order valence-electron chi connectivity index (χ0n) is 12.6. The van der Waals surface area contributed by atoms with E-state index in [1.807, 2.05) is 24.3 Å². The van der Waals surface area contributed by atoms with Crippen LogP contribution in [0.3, 0.4) is 0 Å². The molecule has 1 aliphatic rings. The van der Waals surface area contributed by atoms with Gasteiger partial charge in [-0.25, -0.2) is 0 Å². The SMILES string of the molecule is COC(=O)Cc1ccc(OCC2(CBr)CCCCC2)cc1. The Labute approximate surface area is 135 Å². The first kappa shape index (κ1) is 16.3. The molecule has 0 spiro atoms. The van der Waals surface area contributed by atoms with Crippen LogP contribution < -0.4 is 4.74 Å². The molecule has 0 radical (unpaired) electrons. The summed E-state index contributed by atoms with van der Waals surface area (Å²) in [4.78, 5) is 11.2. The number of rotatable bonds is 6. The van der Waals surface area contributed by atoms with Crippen molar-refractivity contribution in [2.45, 2.75) is 38.5 Å². The normalized spacial score (nSPS) is 17.2. The second-order valence-corrected chi connectivity index (χ2v) is 6.44. The first-order chi connectivity index (χ1) is 10.2. The molecule has 0 bridgehead atoms. The molecule has 2 rings (SSSR count). The molecular formula is C17H23BrO3. The summed E-state index contributed by atoms with van der Waals surface area (Å²) in [7, 11) is 1.41. The Bertz CT molecular complexity index is 450. The van der Waals surface area contributed by atoms with E-state index < -0.39 is 0 Å². The van der Waals surface area contributed by atoms with E-state index in [4.69, 9.17) is 4.74 Å². The summed E-state index contributed by atoms with van der Waals surface area (Å²) in [6.45, 7) is 0.759. The quantitative estimate of drug-likeness (QED) is 0.569. The van der Waals surface area contributed by atoms with Crippen molar-refractivity contribution in [2.24, 2.45) is 5.41 Å². The molecule has 4 heteroatoms. The highest BCUT2D eigenvalue weighted by Gasteiger charge is 2.31. The van der Waals surface area contributed by atoms with Gasteiger partial charge in [0.15, 0.2) is 0 Å². The van der Waals surface area contributed by atoms with Crippen LogP contribution in [-0.2, 0) is 16.0 Å². The van der Waals surface area contributed by atoms with Crippen LogP contribution in [0, 0.1) is 5.41 Å². The van der Waals surface area contributed by atoms with E-state index in [0.29, 0.717) is 6.42 Å². The number of ether oxygens (including phenoxy) is 2. The monoisotopic (exact) mass is 354 g/mol. The van der Waals surface area contributed by atoms with Crippen LogP contribution in [0.1, 0.15) is 37.7 Å². The Hall–Kier alpha value is -1.03. The number of benzene rings is 1. The smallest absolute Gasteiger partial charge is 0.309 e. The second-order valence-electron chi connectivity index (χ2n) is 5.88. The molecule has 0 heterocycles. The van der Waals surface area contributed by atoms with E-state index in [-0.39, 0.29) is 11.4 Å². The lowest BCUT2D eigenvalue weighted by molar-refractivity contribution is -0.139. The molecule has 1 aliphatic carbocycles. The number of carbonyl (C=O) groups is 1. The average Bonchev–Trinajstić information content (AvgIpc) is 2.55. The highest BCUT2D eigenvalue weighted by molar-refractivity contribution is 9.09. The van der Waals surface area contributed by atoms with E-state index in [9.17, 15) is 4.79 Å². The van der Waals surface area contributed by atoms with Gasteiger partial charge in [0.05, 0.1) is 20.1 Å². The van der Waals surface area contributed by atoms with Gasteiger partial charge in [0.1, 0.15) is 5.75 Å². The third-order valence-corrected chi connectivity index (χ3v) is 5.43. The van der Waals surface area contributed by atoms with Crippen molar-refractivity contribution in [3.05, 3.63) is 29.8 Å². The van der Waals surface area contributed by atoms with Crippen molar-refractivity contribution in [1.82, 2.24) is 0 Å². The zero-order chi connectivity index (χ0) is 15.1. The lowest BCUT2D eigenvalue weighted by Crippen LogP contribution is -2.32. The molecule has 3 nitrogen and oxygen atoms in total. The van der Waals surface area contributed by atoms with Crippen LogP contribution in [0.2, 0.25) is 0 Å². The predicted octanol–water partition coefficient (Wildman–Crippen LogP) is 4.13. The summed E-state index contributed by atoms with van der Waals surface area (Å²) in [6, 6.07) is 7.72.